The maximum Gasteiger partial charge on any atom is 0.243 e. The standard InChI is InChI=1S/C19H34N2O3.ClH/c1-4-23-16-13-19(20,18(16,2)3)17(22)21-11-9-15(10-12-21)24-14-7-5-6-8-14;/h14-16H,4-13,20H2,1-3H3;1H. The van der Waals surface area contributed by atoms with Gasteiger partial charge in [-0.1, -0.05) is 26.7 Å². The normalized spacial score (nSPS) is 33.0. The average Bonchev–Trinajstić information content (AvgIpc) is 3.07. The molecule has 5 nitrogen and oxygen atoms in total. The van der Waals surface area contributed by atoms with E-state index in [1.807, 2.05) is 11.8 Å². The van der Waals surface area contributed by atoms with Gasteiger partial charge in [-0.05, 0) is 32.6 Å². The predicted octanol–water partition coefficient (Wildman–Crippen LogP) is 2.89. The van der Waals surface area contributed by atoms with Gasteiger partial charge in [-0.25, -0.2) is 0 Å². The fraction of sp³-hybridized carbons (Fsp3) is 0.947. The maximum atomic E-state index is 13.0. The molecular formula is C19H35ClN2O3. The fourth-order valence-electron chi connectivity index (χ4n) is 4.57. The minimum atomic E-state index is -0.786. The number of amides is 1. The van der Waals surface area contributed by atoms with Crippen LogP contribution < -0.4 is 5.73 Å². The van der Waals surface area contributed by atoms with Crippen molar-refractivity contribution >= 4 is 18.3 Å². The first kappa shape index (κ1) is 20.9. The molecule has 25 heavy (non-hydrogen) atoms. The van der Waals surface area contributed by atoms with Crippen LogP contribution in [0, 0.1) is 5.41 Å². The molecule has 3 rings (SSSR count). The molecule has 1 aliphatic heterocycles. The first-order valence-corrected chi connectivity index (χ1v) is 9.74. The fourth-order valence-corrected chi connectivity index (χ4v) is 4.57. The van der Waals surface area contributed by atoms with E-state index in [0.29, 0.717) is 25.2 Å². The van der Waals surface area contributed by atoms with Crippen LogP contribution in [0.15, 0.2) is 0 Å². The smallest absolute Gasteiger partial charge is 0.243 e. The summed E-state index contributed by atoms with van der Waals surface area (Å²) in [7, 11) is 0. The topological polar surface area (TPSA) is 64.8 Å². The van der Waals surface area contributed by atoms with E-state index in [9.17, 15) is 4.79 Å². The molecule has 2 atom stereocenters. The molecule has 0 bridgehead atoms. The van der Waals surface area contributed by atoms with E-state index < -0.39 is 5.54 Å². The quantitative estimate of drug-likeness (QED) is 0.803. The predicted molar refractivity (Wildman–Crippen MR) is 101 cm³/mol. The van der Waals surface area contributed by atoms with E-state index in [1.54, 1.807) is 0 Å². The molecule has 0 radical (unpaired) electrons. The zero-order valence-corrected chi connectivity index (χ0v) is 16.8. The lowest BCUT2D eigenvalue weighted by atomic mass is 9.54. The van der Waals surface area contributed by atoms with Gasteiger partial charge < -0.3 is 20.1 Å². The first-order chi connectivity index (χ1) is 11.4. The molecule has 1 amide bonds. The Morgan fingerprint density at radius 1 is 1.12 bits per heavy atom. The number of piperidine rings is 1. The number of hydrogen-bond donors (Lipinski definition) is 1. The van der Waals surface area contributed by atoms with Crippen LogP contribution in [0.2, 0.25) is 0 Å². The average molecular weight is 375 g/mol. The van der Waals surface area contributed by atoms with E-state index in [1.165, 1.54) is 25.7 Å². The number of ether oxygens (including phenoxy) is 2. The zero-order chi connectivity index (χ0) is 17.4. The summed E-state index contributed by atoms with van der Waals surface area (Å²) >= 11 is 0. The number of nitrogens with two attached hydrogens (primary N) is 1. The highest BCUT2D eigenvalue weighted by atomic mass is 35.5. The molecule has 2 saturated carbocycles. The van der Waals surface area contributed by atoms with Gasteiger partial charge in [0.1, 0.15) is 5.54 Å². The van der Waals surface area contributed by atoms with Crippen molar-refractivity contribution in [3.63, 3.8) is 0 Å². The van der Waals surface area contributed by atoms with Crippen LogP contribution >= 0.6 is 12.4 Å². The number of likely N-dealkylation sites (tertiary alicyclic amines) is 1. The van der Waals surface area contributed by atoms with E-state index in [0.717, 1.165) is 25.9 Å². The molecule has 3 aliphatic rings. The Balaban J connectivity index is 0.00000225. The summed E-state index contributed by atoms with van der Waals surface area (Å²) in [5.74, 6) is 0.0998. The molecule has 0 aromatic rings. The van der Waals surface area contributed by atoms with Gasteiger partial charge in [0.05, 0.1) is 18.3 Å². The summed E-state index contributed by atoms with van der Waals surface area (Å²) < 4.78 is 12.0. The second-order valence-corrected chi connectivity index (χ2v) is 8.38. The number of rotatable bonds is 5. The van der Waals surface area contributed by atoms with Crippen molar-refractivity contribution in [2.75, 3.05) is 19.7 Å². The van der Waals surface area contributed by atoms with Crippen LogP contribution in [0.4, 0.5) is 0 Å². The first-order valence-electron chi connectivity index (χ1n) is 9.74. The van der Waals surface area contributed by atoms with Gasteiger partial charge in [0, 0.05) is 31.5 Å². The molecule has 0 aromatic carbocycles. The summed E-state index contributed by atoms with van der Waals surface area (Å²) in [5.41, 5.74) is 5.45. The Morgan fingerprint density at radius 2 is 1.68 bits per heavy atom. The van der Waals surface area contributed by atoms with Crippen molar-refractivity contribution in [3.05, 3.63) is 0 Å². The van der Waals surface area contributed by atoms with Gasteiger partial charge in [-0.2, -0.15) is 0 Å². The molecule has 6 heteroatoms. The summed E-state index contributed by atoms with van der Waals surface area (Å²) in [4.78, 5) is 15.0. The van der Waals surface area contributed by atoms with E-state index in [2.05, 4.69) is 13.8 Å². The Kier molecular flexibility index (Phi) is 6.80. The molecule has 1 saturated heterocycles. The Hall–Kier alpha value is -0.360. The van der Waals surface area contributed by atoms with Crippen molar-refractivity contribution in [2.45, 2.75) is 89.6 Å². The zero-order valence-electron chi connectivity index (χ0n) is 16.0. The molecule has 2 N–H and O–H groups in total. The highest BCUT2D eigenvalue weighted by molar-refractivity contribution is 5.89. The Bertz CT molecular complexity index is 460. The molecule has 2 aliphatic carbocycles. The molecule has 146 valence electrons. The van der Waals surface area contributed by atoms with Gasteiger partial charge in [0.15, 0.2) is 0 Å². The molecule has 0 aromatic heterocycles. The second kappa shape index (κ2) is 8.12. The van der Waals surface area contributed by atoms with Crippen LogP contribution in [0.5, 0.6) is 0 Å². The van der Waals surface area contributed by atoms with Crippen molar-refractivity contribution in [1.29, 1.82) is 0 Å². The minimum absolute atomic E-state index is 0. The highest BCUT2D eigenvalue weighted by Gasteiger charge is 2.63. The van der Waals surface area contributed by atoms with E-state index in [4.69, 9.17) is 15.2 Å². The van der Waals surface area contributed by atoms with Gasteiger partial charge in [0.25, 0.3) is 0 Å². The van der Waals surface area contributed by atoms with Crippen molar-refractivity contribution < 1.29 is 14.3 Å². The van der Waals surface area contributed by atoms with E-state index in [-0.39, 0.29) is 29.8 Å². The largest absolute Gasteiger partial charge is 0.378 e. The third-order valence-electron chi connectivity index (χ3n) is 6.63. The molecule has 0 spiro atoms. The Morgan fingerprint density at radius 3 is 2.20 bits per heavy atom. The monoisotopic (exact) mass is 374 g/mol. The molecule has 1 heterocycles. The number of carbonyl (C=O) groups excluding carboxylic acids is 1. The van der Waals surface area contributed by atoms with Crippen molar-refractivity contribution in [3.8, 4) is 0 Å². The van der Waals surface area contributed by atoms with Gasteiger partial charge in [-0.3, -0.25) is 4.79 Å². The summed E-state index contributed by atoms with van der Waals surface area (Å²) in [6.45, 7) is 8.32. The Labute approximate surface area is 158 Å². The molecular weight excluding hydrogens is 340 g/mol. The lowest BCUT2D eigenvalue weighted by Gasteiger charge is -2.59. The van der Waals surface area contributed by atoms with Crippen LogP contribution in [-0.2, 0) is 14.3 Å². The van der Waals surface area contributed by atoms with Crippen LogP contribution in [-0.4, -0.2) is 54.4 Å². The van der Waals surface area contributed by atoms with Gasteiger partial charge in [-0.15, -0.1) is 12.4 Å². The molecule has 2 unspecified atom stereocenters. The lowest BCUT2D eigenvalue weighted by molar-refractivity contribution is -0.181. The maximum absolute atomic E-state index is 13.0. The number of hydrogen-bond acceptors (Lipinski definition) is 4. The van der Waals surface area contributed by atoms with Gasteiger partial charge in [0.2, 0.25) is 5.91 Å². The lowest BCUT2D eigenvalue weighted by Crippen LogP contribution is -2.76. The minimum Gasteiger partial charge on any atom is -0.378 e. The molecule has 3 fully saturated rings. The summed E-state index contributed by atoms with van der Waals surface area (Å²) in [6, 6.07) is 0. The number of nitrogens with zero attached hydrogens (tertiary/aromatic N) is 1. The van der Waals surface area contributed by atoms with Crippen LogP contribution in [0.25, 0.3) is 0 Å². The number of halogens is 1. The highest BCUT2D eigenvalue weighted by Crippen LogP contribution is 2.50. The number of carbonyl (C=O) groups is 1. The third kappa shape index (κ3) is 3.85. The van der Waals surface area contributed by atoms with E-state index >= 15 is 0 Å². The SMILES string of the molecule is CCOC1CC(N)(C(=O)N2CCC(OC3CCCC3)CC2)C1(C)C.Cl. The second-order valence-electron chi connectivity index (χ2n) is 8.38. The van der Waals surface area contributed by atoms with Gasteiger partial charge >= 0.3 is 0 Å². The van der Waals surface area contributed by atoms with Crippen molar-refractivity contribution in [2.24, 2.45) is 11.1 Å². The van der Waals surface area contributed by atoms with Crippen LogP contribution in [0.1, 0.15) is 65.7 Å². The summed E-state index contributed by atoms with van der Waals surface area (Å²) in [6.07, 6.45) is 8.37. The summed E-state index contributed by atoms with van der Waals surface area (Å²) in [5, 5.41) is 0. The van der Waals surface area contributed by atoms with Crippen LogP contribution in [0.3, 0.4) is 0 Å². The van der Waals surface area contributed by atoms with Crippen molar-refractivity contribution in [1.82, 2.24) is 4.90 Å². The third-order valence-corrected chi connectivity index (χ3v) is 6.63.